The molecule has 9 heteroatoms. The zero-order valence-electron chi connectivity index (χ0n) is 11.0. The van der Waals surface area contributed by atoms with Gasteiger partial charge in [-0.05, 0) is 31.2 Å². The maximum atomic E-state index is 13.7. The van der Waals surface area contributed by atoms with Crippen molar-refractivity contribution in [3.63, 3.8) is 0 Å². The molecule has 1 aliphatic rings. The summed E-state index contributed by atoms with van der Waals surface area (Å²) in [4.78, 5) is -0.931. The summed E-state index contributed by atoms with van der Waals surface area (Å²) in [6.45, 7) is 1.22. The van der Waals surface area contributed by atoms with Crippen molar-refractivity contribution in [1.29, 1.82) is 0 Å². The Balaban J connectivity index is 2.43. The SMILES string of the molecule is O=S(=O)(c1cc(C(F)(F)F)ccc1F)N1CCCNCC1. The Morgan fingerprint density at radius 2 is 1.86 bits per heavy atom. The van der Waals surface area contributed by atoms with E-state index in [1.165, 1.54) is 0 Å². The molecule has 1 saturated heterocycles. The van der Waals surface area contributed by atoms with Gasteiger partial charge in [0.25, 0.3) is 0 Å². The second kappa shape index (κ2) is 5.90. The van der Waals surface area contributed by atoms with E-state index < -0.39 is 32.5 Å². The summed E-state index contributed by atoms with van der Waals surface area (Å²) < 4.78 is 77.4. The Morgan fingerprint density at radius 3 is 2.52 bits per heavy atom. The number of benzene rings is 1. The van der Waals surface area contributed by atoms with Crippen LogP contribution >= 0.6 is 0 Å². The van der Waals surface area contributed by atoms with Gasteiger partial charge in [-0.25, -0.2) is 12.8 Å². The van der Waals surface area contributed by atoms with Gasteiger partial charge in [-0.3, -0.25) is 0 Å². The third-order valence-electron chi connectivity index (χ3n) is 3.18. The molecule has 1 fully saturated rings. The lowest BCUT2D eigenvalue weighted by Gasteiger charge is -2.20. The van der Waals surface area contributed by atoms with E-state index in [4.69, 9.17) is 0 Å². The van der Waals surface area contributed by atoms with Crippen molar-refractivity contribution in [2.75, 3.05) is 26.2 Å². The molecule has 118 valence electrons. The van der Waals surface area contributed by atoms with E-state index in [2.05, 4.69) is 5.32 Å². The van der Waals surface area contributed by atoms with Crippen LogP contribution in [-0.2, 0) is 16.2 Å². The molecule has 4 nitrogen and oxygen atoms in total. The predicted octanol–water partition coefficient (Wildman–Crippen LogP) is 1.83. The minimum absolute atomic E-state index is 0.0953. The predicted molar refractivity (Wildman–Crippen MR) is 67.6 cm³/mol. The van der Waals surface area contributed by atoms with Crippen molar-refractivity contribution in [3.8, 4) is 0 Å². The monoisotopic (exact) mass is 326 g/mol. The van der Waals surface area contributed by atoms with Crippen molar-refractivity contribution >= 4 is 10.0 Å². The summed E-state index contributed by atoms with van der Waals surface area (Å²) in [5, 5.41) is 2.97. The molecule has 1 aliphatic heterocycles. The zero-order valence-corrected chi connectivity index (χ0v) is 11.8. The Kier molecular flexibility index (Phi) is 4.54. The van der Waals surface area contributed by atoms with Gasteiger partial charge in [0.1, 0.15) is 10.7 Å². The lowest BCUT2D eigenvalue weighted by molar-refractivity contribution is -0.137. The largest absolute Gasteiger partial charge is 0.416 e. The quantitative estimate of drug-likeness (QED) is 0.844. The minimum atomic E-state index is -4.72. The van der Waals surface area contributed by atoms with Crippen molar-refractivity contribution < 1.29 is 26.0 Å². The van der Waals surface area contributed by atoms with Crippen molar-refractivity contribution in [2.24, 2.45) is 0 Å². The first-order valence-electron chi connectivity index (χ1n) is 6.30. The molecule has 0 unspecified atom stereocenters. The van der Waals surface area contributed by atoms with Gasteiger partial charge in [-0.15, -0.1) is 0 Å². The summed E-state index contributed by atoms with van der Waals surface area (Å²) in [7, 11) is -4.28. The van der Waals surface area contributed by atoms with E-state index in [0.29, 0.717) is 37.7 Å². The third-order valence-corrected chi connectivity index (χ3v) is 5.09. The lowest BCUT2D eigenvalue weighted by Crippen LogP contribution is -2.34. The maximum Gasteiger partial charge on any atom is 0.416 e. The molecule has 0 radical (unpaired) electrons. The molecule has 21 heavy (non-hydrogen) atoms. The van der Waals surface area contributed by atoms with E-state index in [-0.39, 0.29) is 13.1 Å². The summed E-state index contributed by atoms with van der Waals surface area (Å²) in [5.74, 6) is -1.18. The molecule has 0 aromatic heterocycles. The Hall–Kier alpha value is -1.19. The highest BCUT2D eigenvalue weighted by molar-refractivity contribution is 7.89. The average molecular weight is 326 g/mol. The van der Waals surface area contributed by atoms with E-state index >= 15 is 0 Å². The molecule has 0 aliphatic carbocycles. The molecule has 1 aromatic rings. The molecule has 0 saturated carbocycles. The molecule has 0 atom stereocenters. The number of hydrogen-bond donors (Lipinski definition) is 1. The standard InChI is InChI=1S/C12H14F4N2O2S/c13-10-3-2-9(12(14,15)16)8-11(10)21(19,20)18-6-1-4-17-5-7-18/h2-3,8,17H,1,4-7H2. The molecule has 0 amide bonds. The van der Waals surface area contributed by atoms with Crippen LogP contribution in [0.5, 0.6) is 0 Å². The molecule has 1 aromatic carbocycles. The van der Waals surface area contributed by atoms with Gasteiger partial charge in [-0.1, -0.05) is 0 Å². The number of hydrogen-bond acceptors (Lipinski definition) is 3. The smallest absolute Gasteiger partial charge is 0.315 e. The van der Waals surface area contributed by atoms with Crippen LogP contribution in [0.25, 0.3) is 0 Å². The highest BCUT2D eigenvalue weighted by atomic mass is 32.2. The summed E-state index contributed by atoms with van der Waals surface area (Å²) in [5.41, 5.74) is -1.18. The Morgan fingerprint density at radius 1 is 1.14 bits per heavy atom. The maximum absolute atomic E-state index is 13.7. The number of halogens is 4. The first kappa shape index (κ1) is 16.2. The van der Waals surface area contributed by atoms with Gasteiger partial charge < -0.3 is 5.32 Å². The summed E-state index contributed by atoms with van der Waals surface area (Å²) >= 11 is 0. The number of rotatable bonds is 2. The van der Waals surface area contributed by atoms with Gasteiger partial charge in [0, 0.05) is 19.6 Å². The second-order valence-electron chi connectivity index (χ2n) is 4.65. The van der Waals surface area contributed by atoms with Gasteiger partial charge in [0.2, 0.25) is 10.0 Å². The average Bonchev–Trinajstić information content (AvgIpc) is 2.66. The van der Waals surface area contributed by atoms with Gasteiger partial charge in [0.05, 0.1) is 5.56 Å². The number of nitrogens with one attached hydrogen (secondary N) is 1. The first-order chi connectivity index (χ1) is 9.73. The van der Waals surface area contributed by atoms with Crippen LogP contribution in [0.15, 0.2) is 23.1 Å². The van der Waals surface area contributed by atoms with Crippen LogP contribution < -0.4 is 5.32 Å². The second-order valence-corrected chi connectivity index (χ2v) is 6.56. The van der Waals surface area contributed by atoms with Crippen LogP contribution in [0.2, 0.25) is 0 Å². The minimum Gasteiger partial charge on any atom is -0.315 e. The molecule has 1 N–H and O–H groups in total. The molecular formula is C12H14F4N2O2S. The van der Waals surface area contributed by atoms with Gasteiger partial charge >= 0.3 is 6.18 Å². The number of alkyl halides is 3. The highest BCUT2D eigenvalue weighted by Gasteiger charge is 2.34. The topological polar surface area (TPSA) is 49.4 Å². The summed E-state index contributed by atoms with van der Waals surface area (Å²) in [6, 6.07) is 1.41. The van der Waals surface area contributed by atoms with E-state index in [1.807, 2.05) is 0 Å². The van der Waals surface area contributed by atoms with E-state index in [0.717, 1.165) is 4.31 Å². The fraction of sp³-hybridized carbons (Fsp3) is 0.500. The Bertz CT molecular complexity index is 608. The van der Waals surface area contributed by atoms with Crippen molar-refractivity contribution in [1.82, 2.24) is 9.62 Å². The van der Waals surface area contributed by atoms with Crippen LogP contribution in [0, 0.1) is 5.82 Å². The third kappa shape index (κ3) is 3.53. The van der Waals surface area contributed by atoms with Crippen molar-refractivity contribution in [2.45, 2.75) is 17.5 Å². The van der Waals surface area contributed by atoms with Crippen LogP contribution in [-0.4, -0.2) is 38.9 Å². The molecule has 2 rings (SSSR count). The van der Waals surface area contributed by atoms with Gasteiger partial charge in [-0.2, -0.15) is 17.5 Å². The number of sulfonamides is 1. The molecule has 1 heterocycles. The fourth-order valence-electron chi connectivity index (χ4n) is 2.08. The van der Waals surface area contributed by atoms with Crippen LogP contribution in [0.1, 0.15) is 12.0 Å². The zero-order chi connectivity index (χ0) is 15.7. The summed E-state index contributed by atoms with van der Waals surface area (Å²) in [6.07, 6.45) is -4.21. The molecular weight excluding hydrogens is 312 g/mol. The first-order valence-corrected chi connectivity index (χ1v) is 7.74. The molecule has 0 bridgehead atoms. The lowest BCUT2D eigenvalue weighted by atomic mass is 10.2. The van der Waals surface area contributed by atoms with Crippen molar-refractivity contribution in [3.05, 3.63) is 29.6 Å². The highest BCUT2D eigenvalue weighted by Crippen LogP contribution is 2.32. The van der Waals surface area contributed by atoms with E-state index in [1.54, 1.807) is 0 Å². The van der Waals surface area contributed by atoms with Crippen LogP contribution in [0.4, 0.5) is 17.6 Å². The Labute approximate surface area is 119 Å². The number of nitrogens with zero attached hydrogens (tertiary/aromatic N) is 1. The normalized spacial score (nSPS) is 18.5. The molecule has 0 spiro atoms. The van der Waals surface area contributed by atoms with Gasteiger partial charge in [0.15, 0.2) is 0 Å². The van der Waals surface area contributed by atoms with Crippen LogP contribution in [0.3, 0.4) is 0 Å². The fourth-order valence-corrected chi connectivity index (χ4v) is 3.65. The van der Waals surface area contributed by atoms with E-state index in [9.17, 15) is 26.0 Å².